The molecule has 0 saturated carbocycles. The maximum Gasteiger partial charge on any atom is 0.323 e. The molecule has 0 unspecified atom stereocenters. The Hall–Kier alpha value is -1.92. The van der Waals surface area contributed by atoms with Crippen molar-refractivity contribution in [3.05, 3.63) is 49.8 Å². The third kappa shape index (κ3) is 2.97. The average molecular weight is 312 g/mol. The Morgan fingerprint density at radius 2 is 2.10 bits per heavy atom. The van der Waals surface area contributed by atoms with Gasteiger partial charge in [0.05, 0.1) is 9.80 Å². The molecular formula is C13H10ClNO4S. The summed E-state index contributed by atoms with van der Waals surface area (Å²) in [4.78, 5) is 22.0. The normalized spacial score (nSPS) is 10.3. The van der Waals surface area contributed by atoms with Crippen molar-refractivity contribution in [2.24, 2.45) is 0 Å². The molecule has 5 nitrogen and oxygen atoms in total. The highest BCUT2D eigenvalue weighted by Gasteiger charge is 2.23. The van der Waals surface area contributed by atoms with E-state index in [1.165, 1.54) is 13.0 Å². The zero-order valence-electron chi connectivity index (χ0n) is 10.7. The number of thiophene rings is 1. The van der Waals surface area contributed by atoms with Crippen LogP contribution in [0.3, 0.4) is 0 Å². The predicted octanol–water partition coefficient (Wildman–Crippen LogP) is 4.61. The summed E-state index contributed by atoms with van der Waals surface area (Å²) in [6.07, 6.45) is 0. The fourth-order valence-electron chi connectivity index (χ4n) is 1.53. The van der Waals surface area contributed by atoms with Crippen molar-refractivity contribution >= 4 is 34.4 Å². The van der Waals surface area contributed by atoms with Gasteiger partial charge in [0.1, 0.15) is 5.75 Å². The van der Waals surface area contributed by atoms with Crippen LogP contribution in [0.15, 0.2) is 24.3 Å². The molecule has 1 aromatic heterocycles. The second kappa shape index (κ2) is 5.60. The van der Waals surface area contributed by atoms with Gasteiger partial charge in [-0.25, -0.2) is 0 Å². The van der Waals surface area contributed by atoms with Crippen molar-refractivity contribution in [2.75, 3.05) is 0 Å². The summed E-state index contributed by atoms with van der Waals surface area (Å²) in [5.74, 6) is 0.201. The molecule has 2 rings (SSSR count). The summed E-state index contributed by atoms with van der Waals surface area (Å²) in [5, 5.41) is 11.6. The number of carbonyl (C=O) groups excluding carboxylic acids is 1. The van der Waals surface area contributed by atoms with Gasteiger partial charge in [-0.2, -0.15) is 0 Å². The van der Waals surface area contributed by atoms with Gasteiger partial charge >= 0.3 is 5.69 Å². The van der Waals surface area contributed by atoms with Crippen molar-refractivity contribution in [1.29, 1.82) is 0 Å². The molecule has 0 amide bonds. The molecule has 1 heterocycles. The van der Waals surface area contributed by atoms with Crippen LogP contribution >= 0.6 is 22.9 Å². The quantitative estimate of drug-likeness (QED) is 0.469. The minimum absolute atomic E-state index is 0.0851. The lowest BCUT2D eigenvalue weighted by Crippen LogP contribution is -1.90. The van der Waals surface area contributed by atoms with E-state index in [1.54, 1.807) is 25.1 Å². The van der Waals surface area contributed by atoms with E-state index in [-0.39, 0.29) is 21.4 Å². The van der Waals surface area contributed by atoms with Gasteiger partial charge in [-0.3, -0.25) is 14.9 Å². The Morgan fingerprint density at radius 1 is 1.40 bits per heavy atom. The van der Waals surface area contributed by atoms with E-state index in [0.717, 1.165) is 16.9 Å². The van der Waals surface area contributed by atoms with E-state index in [0.29, 0.717) is 10.8 Å². The first kappa shape index (κ1) is 14.5. The highest BCUT2D eigenvalue weighted by Crippen LogP contribution is 2.40. The maximum atomic E-state index is 11.3. The van der Waals surface area contributed by atoms with Crippen LogP contribution in [-0.2, 0) is 0 Å². The van der Waals surface area contributed by atoms with Crippen molar-refractivity contribution in [3.8, 4) is 10.8 Å². The number of nitrogens with zero attached hydrogens (tertiary/aromatic N) is 1. The summed E-state index contributed by atoms with van der Waals surface area (Å²) < 4.78 is 5.50. The van der Waals surface area contributed by atoms with Gasteiger partial charge in [0.15, 0.2) is 5.78 Å². The Kier molecular flexibility index (Phi) is 4.06. The number of nitro groups is 1. The number of aryl methyl sites for hydroxylation is 1. The van der Waals surface area contributed by atoms with Gasteiger partial charge in [-0.1, -0.05) is 22.9 Å². The number of ketones is 1. The number of Topliss-reactive ketones (excluding diaryl/α,β-unsaturated/α-hetero) is 1. The van der Waals surface area contributed by atoms with Gasteiger partial charge in [0, 0.05) is 11.1 Å². The fraction of sp³-hybridized carbons (Fsp3) is 0.154. The lowest BCUT2D eigenvalue weighted by atomic mass is 10.2. The van der Waals surface area contributed by atoms with Crippen LogP contribution in [0.2, 0.25) is 5.02 Å². The molecular weight excluding hydrogens is 302 g/mol. The highest BCUT2D eigenvalue weighted by atomic mass is 35.5. The van der Waals surface area contributed by atoms with E-state index in [4.69, 9.17) is 16.3 Å². The molecule has 0 aliphatic heterocycles. The van der Waals surface area contributed by atoms with E-state index < -0.39 is 4.92 Å². The molecule has 0 aliphatic rings. The molecule has 0 N–H and O–H groups in total. The van der Waals surface area contributed by atoms with Gasteiger partial charge < -0.3 is 4.74 Å². The van der Waals surface area contributed by atoms with Crippen molar-refractivity contribution in [2.45, 2.75) is 13.8 Å². The summed E-state index contributed by atoms with van der Waals surface area (Å²) in [7, 11) is 0. The number of carbonyl (C=O) groups is 1. The molecule has 2 aromatic rings. The van der Waals surface area contributed by atoms with Crippen LogP contribution in [0, 0.1) is 17.0 Å². The zero-order valence-corrected chi connectivity index (χ0v) is 12.2. The molecule has 0 bridgehead atoms. The number of hydrogen-bond acceptors (Lipinski definition) is 5. The van der Waals surface area contributed by atoms with E-state index in [1.807, 2.05) is 0 Å². The molecule has 0 spiro atoms. The Bertz CT molecular complexity index is 696. The first-order valence-corrected chi connectivity index (χ1v) is 6.81. The molecule has 0 radical (unpaired) electrons. The van der Waals surface area contributed by atoms with E-state index in [2.05, 4.69) is 0 Å². The van der Waals surface area contributed by atoms with Crippen molar-refractivity contribution in [1.82, 2.24) is 0 Å². The number of halogens is 1. The molecule has 0 fully saturated rings. The smallest absolute Gasteiger partial charge is 0.323 e. The summed E-state index contributed by atoms with van der Waals surface area (Å²) >= 11 is 6.86. The molecule has 0 saturated heterocycles. The molecule has 0 atom stereocenters. The molecule has 104 valence electrons. The van der Waals surface area contributed by atoms with Crippen LogP contribution in [0.4, 0.5) is 5.69 Å². The Balaban J connectivity index is 2.39. The lowest BCUT2D eigenvalue weighted by Gasteiger charge is -2.04. The summed E-state index contributed by atoms with van der Waals surface area (Å²) in [6.45, 7) is 3.16. The lowest BCUT2D eigenvalue weighted by molar-refractivity contribution is -0.385. The largest absolute Gasteiger partial charge is 0.440 e. The Labute approximate surface area is 123 Å². The molecule has 0 aliphatic carbocycles. The fourth-order valence-corrected chi connectivity index (χ4v) is 2.53. The van der Waals surface area contributed by atoms with E-state index >= 15 is 0 Å². The molecule has 1 aromatic carbocycles. The highest BCUT2D eigenvalue weighted by molar-refractivity contribution is 7.16. The first-order chi connectivity index (χ1) is 9.38. The number of hydrogen-bond donors (Lipinski definition) is 0. The zero-order chi connectivity index (χ0) is 14.9. The SMILES string of the molecule is CC(=O)c1cc([N+](=O)[O-])c(Oc2ccc(Cl)c(C)c2)s1. The topological polar surface area (TPSA) is 69.4 Å². The number of rotatable bonds is 4. The van der Waals surface area contributed by atoms with Crippen molar-refractivity contribution < 1.29 is 14.5 Å². The molecule has 20 heavy (non-hydrogen) atoms. The van der Waals surface area contributed by atoms with Gasteiger partial charge in [0.2, 0.25) is 0 Å². The standard InChI is InChI=1S/C13H10ClNO4S/c1-7-5-9(3-4-10(7)14)19-13-11(15(17)18)6-12(20-13)8(2)16/h3-6H,1-2H3. The molecule has 7 heteroatoms. The first-order valence-electron chi connectivity index (χ1n) is 5.61. The van der Waals surface area contributed by atoms with Crippen LogP contribution < -0.4 is 4.74 Å². The average Bonchev–Trinajstić information content (AvgIpc) is 2.78. The van der Waals surface area contributed by atoms with Crippen LogP contribution in [-0.4, -0.2) is 10.7 Å². The maximum absolute atomic E-state index is 11.3. The monoisotopic (exact) mass is 311 g/mol. The van der Waals surface area contributed by atoms with Gasteiger partial charge in [-0.05, 0) is 37.6 Å². The second-order valence-corrected chi connectivity index (χ2v) is 5.53. The minimum atomic E-state index is -0.568. The predicted molar refractivity (Wildman–Crippen MR) is 77.2 cm³/mol. The number of benzene rings is 1. The van der Waals surface area contributed by atoms with Crippen LogP contribution in [0.5, 0.6) is 10.8 Å². The van der Waals surface area contributed by atoms with Gasteiger partial charge in [-0.15, -0.1) is 0 Å². The van der Waals surface area contributed by atoms with Gasteiger partial charge in [0.25, 0.3) is 5.06 Å². The third-order valence-corrected chi connectivity index (χ3v) is 4.09. The van der Waals surface area contributed by atoms with E-state index in [9.17, 15) is 14.9 Å². The second-order valence-electron chi connectivity index (χ2n) is 4.11. The summed E-state index contributed by atoms with van der Waals surface area (Å²) in [6, 6.07) is 6.17. The third-order valence-electron chi connectivity index (χ3n) is 2.56. The minimum Gasteiger partial charge on any atom is -0.440 e. The summed E-state index contributed by atoms with van der Waals surface area (Å²) in [5.41, 5.74) is 0.586. The van der Waals surface area contributed by atoms with Crippen LogP contribution in [0.1, 0.15) is 22.2 Å². The van der Waals surface area contributed by atoms with Crippen molar-refractivity contribution in [3.63, 3.8) is 0 Å². The van der Waals surface area contributed by atoms with Crippen LogP contribution in [0.25, 0.3) is 0 Å². The Morgan fingerprint density at radius 3 is 2.65 bits per heavy atom. The number of ether oxygens (including phenoxy) is 1.